The first-order valence-corrected chi connectivity index (χ1v) is 6.14. The van der Waals surface area contributed by atoms with Crippen LogP contribution in [-0.2, 0) is 4.74 Å². The van der Waals surface area contributed by atoms with Crippen LogP contribution in [0.25, 0.3) is 0 Å². The maximum atomic E-state index is 13.0. The summed E-state index contributed by atoms with van der Waals surface area (Å²) >= 11 is 0. The normalized spacial score (nSPS) is 11.0. The largest absolute Gasteiger partial charge is 0.491 e. The average Bonchev–Trinajstić information content (AvgIpc) is 2.26. The quantitative estimate of drug-likeness (QED) is 0.855. The lowest BCUT2D eigenvalue weighted by molar-refractivity contribution is 0.0520. The number of ether oxygens (including phenoxy) is 2. The molecule has 4 nitrogen and oxygen atoms in total. The van der Waals surface area contributed by atoms with Gasteiger partial charge in [0.1, 0.15) is 23.8 Å². The minimum absolute atomic E-state index is 0.254. The Balaban J connectivity index is 2.31. The molecule has 1 aromatic rings. The molecule has 1 amide bonds. The summed E-state index contributed by atoms with van der Waals surface area (Å²) in [7, 11) is 0. The van der Waals surface area contributed by atoms with Gasteiger partial charge in [-0.2, -0.15) is 0 Å². The molecule has 0 aliphatic heterocycles. The average molecular weight is 269 g/mol. The van der Waals surface area contributed by atoms with Crippen LogP contribution in [0, 0.1) is 12.7 Å². The van der Waals surface area contributed by atoms with E-state index < -0.39 is 11.7 Å². The molecule has 0 heterocycles. The summed E-state index contributed by atoms with van der Waals surface area (Å²) in [6.45, 7) is 7.75. The van der Waals surface area contributed by atoms with E-state index in [9.17, 15) is 9.18 Å². The summed E-state index contributed by atoms with van der Waals surface area (Å²) in [5.74, 6) is 0.131. The smallest absolute Gasteiger partial charge is 0.407 e. The van der Waals surface area contributed by atoms with E-state index in [-0.39, 0.29) is 12.4 Å². The van der Waals surface area contributed by atoms with Crippen LogP contribution in [0.15, 0.2) is 18.2 Å². The molecule has 0 bridgehead atoms. The zero-order valence-corrected chi connectivity index (χ0v) is 11.7. The molecule has 0 aliphatic rings. The van der Waals surface area contributed by atoms with Gasteiger partial charge in [-0.1, -0.05) is 6.07 Å². The predicted octanol–water partition coefficient (Wildman–Crippen LogP) is 3.04. The summed E-state index contributed by atoms with van der Waals surface area (Å²) in [5.41, 5.74) is 0.322. The molecular formula is C14H20FNO3. The van der Waals surface area contributed by atoms with Gasteiger partial charge < -0.3 is 14.8 Å². The number of halogens is 1. The van der Waals surface area contributed by atoms with Gasteiger partial charge in [0.05, 0.1) is 6.54 Å². The highest BCUT2D eigenvalue weighted by molar-refractivity contribution is 5.67. The number of carbonyl (C=O) groups excluding carboxylic acids is 1. The van der Waals surface area contributed by atoms with Crippen molar-refractivity contribution in [3.63, 3.8) is 0 Å². The number of aryl methyl sites for hydroxylation is 1. The molecule has 5 heteroatoms. The first-order chi connectivity index (χ1) is 8.78. The molecule has 19 heavy (non-hydrogen) atoms. The summed E-state index contributed by atoms with van der Waals surface area (Å²) in [6, 6.07) is 4.34. The van der Waals surface area contributed by atoms with Gasteiger partial charge in [-0.3, -0.25) is 0 Å². The Morgan fingerprint density at radius 3 is 2.68 bits per heavy atom. The van der Waals surface area contributed by atoms with Crippen molar-refractivity contribution in [2.45, 2.75) is 33.3 Å². The standard InChI is InChI=1S/C14H20FNO3/c1-10-5-6-11(15)9-12(10)18-8-7-16-13(17)19-14(2,3)4/h5-6,9H,7-8H2,1-4H3,(H,16,17). The van der Waals surface area contributed by atoms with Gasteiger partial charge in [-0.15, -0.1) is 0 Å². The Bertz CT molecular complexity index is 441. The van der Waals surface area contributed by atoms with E-state index in [1.54, 1.807) is 26.8 Å². The van der Waals surface area contributed by atoms with Gasteiger partial charge in [0, 0.05) is 6.07 Å². The highest BCUT2D eigenvalue weighted by atomic mass is 19.1. The van der Waals surface area contributed by atoms with Crippen LogP contribution in [0.1, 0.15) is 26.3 Å². The van der Waals surface area contributed by atoms with E-state index in [1.165, 1.54) is 12.1 Å². The Kier molecular flexibility index (Phi) is 5.15. The zero-order chi connectivity index (χ0) is 14.5. The van der Waals surface area contributed by atoms with Crippen LogP contribution in [0.2, 0.25) is 0 Å². The van der Waals surface area contributed by atoms with E-state index in [0.29, 0.717) is 12.3 Å². The fourth-order valence-corrected chi connectivity index (χ4v) is 1.36. The van der Waals surface area contributed by atoms with Gasteiger partial charge in [-0.05, 0) is 39.3 Å². The molecule has 1 N–H and O–H groups in total. The lowest BCUT2D eigenvalue weighted by atomic mass is 10.2. The highest BCUT2D eigenvalue weighted by Gasteiger charge is 2.15. The second kappa shape index (κ2) is 6.41. The number of hydrogen-bond donors (Lipinski definition) is 1. The number of benzene rings is 1. The fourth-order valence-electron chi connectivity index (χ4n) is 1.36. The highest BCUT2D eigenvalue weighted by Crippen LogP contribution is 2.18. The number of amides is 1. The first kappa shape index (κ1) is 15.3. The van der Waals surface area contributed by atoms with Crippen molar-refractivity contribution in [2.24, 2.45) is 0 Å². The van der Waals surface area contributed by atoms with Gasteiger partial charge >= 0.3 is 6.09 Å². The third-order valence-electron chi connectivity index (χ3n) is 2.18. The third-order valence-corrected chi connectivity index (χ3v) is 2.18. The van der Waals surface area contributed by atoms with Crippen LogP contribution in [0.4, 0.5) is 9.18 Å². The second-order valence-electron chi connectivity index (χ2n) is 5.19. The predicted molar refractivity (Wildman–Crippen MR) is 70.9 cm³/mol. The van der Waals surface area contributed by atoms with Crippen molar-refractivity contribution in [3.05, 3.63) is 29.6 Å². The Morgan fingerprint density at radius 2 is 2.05 bits per heavy atom. The summed E-state index contributed by atoms with van der Waals surface area (Å²) in [6.07, 6.45) is -0.493. The Hall–Kier alpha value is -1.78. The summed E-state index contributed by atoms with van der Waals surface area (Å²) in [5, 5.41) is 2.56. The molecular weight excluding hydrogens is 249 g/mol. The van der Waals surface area contributed by atoms with Gasteiger partial charge in [0.15, 0.2) is 0 Å². The molecule has 1 aromatic carbocycles. The number of alkyl carbamates (subject to hydrolysis) is 1. The second-order valence-corrected chi connectivity index (χ2v) is 5.19. The molecule has 0 aliphatic carbocycles. The van der Waals surface area contributed by atoms with Crippen molar-refractivity contribution in [2.75, 3.05) is 13.2 Å². The van der Waals surface area contributed by atoms with Crippen molar-refractivity contribution in [1.29, 1.82) is 0 Å². The molecule has 0 atom stereocenters. The van der Waals surface area contributed by atoms with E-state index in [0.717, 1.165) is 5.56 Å². The number of carbonyl (C=O) groups is 1. The molecule has 0 aromatic heterocycles. The van der Waals surface area contributed by atoms with E-state index in [2.05, 4.69) is 5.32 Å². The maximum Gasteiger partial charge on any atom is 0.407 e. The number of nitrogens with one attached hydrogen (secondary N) is 1. The van der Waals surface area contributed by atoms with Gasteiger partial charge in [-0.25, -0.2) is 9.18 Å². The summed E-state index contributed by atoms with van der Waals surface area (Å²) in [4.78, 5) is 11.3. The monoisotopic (exact) mass is 269 g/mol. The van der Waals surface area contributed by atoms with E-state index in [1.807, 2.05) is 6.92 Å². The van der Waals surface area contributed by atoms with Crippen LogP contribution < -0.4 is 10.1 Å². The van der Waals surface area contributed by atoms with Crippen molar-refractivity contribution >= 4 is 6.09 Å². The molecule has 0 saturated heterocycles. The van der Waals surface area contributed by atoms with Gasteiger partial charge in [0.2, 0.25) is 0 Å². The van der Waals surface area contributed by atoms with Crippen molar-refractivity contribution in [3.8, 4) is 5.75 Å². The van der Waals surface area contributed by atoms with Crippen LogP contribution in [0.3, 0.4) is 0 Å². The molecule has 0 fully saturated rings. The first-order valence-electron chi connectivity index (χ1n) is 6.14. The molecule has 0 saturated carbocycles. The lowest BCUT2D eigenvalue weighted by Crippen LogP contribution is -2.34. The number of rotatable bonds is 4. The lowest BCUT2D eigenvalue weighted by Gasteiger charge is -2.19. The van der Waals surface area contributed by atoms with Crippen molar-refractivity contribution in [1.82, 2.24) is 5.32 Å². The van der Waals surface area contributed by atoms with E-state index >= 15 is 0 Å². The van der Waals surface area contributed by atoms with Crippen LogP contribution in [-0.4, -0.2) is 24.8 Å². The molecule has 1 rings (SSSR count). The molecule has 106 valence electrons. The molecule has 0 spiro atoms. The minimum atomic E-state index is -0.524. The van der Waals surface area contributed by atoms with E-state index in [4.69, 9.17) is 9.47 Å². The third kappa shape index (κ3) is 6.08. The van der Waals surface area contributed by atoms with Crippen LogP contribution >= 0.6 is 0 Å². The molecule has 0 unspecified atom stereocenters. The zero-order valence-electron chi connectivity index (χ0n) is 11.7. The topological polar surface area (TPSA) is 47.6 Å². The van der Waals surface area contributed by atoms with Crippen molar-refractivity contribution < 1.29 is 18.7 Å². The number of hydrogen-bond acceptors (Lipinski definition) is 3. The Labute approximate surface area is 112 Å². The summed E-state index contributed by atoms with van der Waals surface area (Å²) < 4.78 is 23.5. The molecule has 0 radical (unpaired) electrons. The minimum Gasteiger partial charge on any atom is -0.491 e. The van der Waals surface area contributed by atoms with Crippen LogP contribution in [0.5, 0.6) is 5.75 Å². The SMILES string of the molecule is Cc1ccc(F)cc1OCCNC(=O)OC(C)(C)C. The van der Waals surface area contributed by atoms with Gasteiger partial charge in [0.25, 0.3) is 0 Å². The fraction of sp³-hybridized carbons (Fsp3) is 0.500. The maximum absolute atomic E-state index is 13.0. The Morgan fingerprint density at radius 1 is 1.37 bits per heavy atom.